The zero-order chi connectivity index (χ0) is 16.5. The highest BCUT2D eigenvalue weighted by Gasteiger charge is 2.19. The van der Waals surface area contributed by atoms with E-state index in [1.165, 1.54) is 24.1 Å². The van der Waals surface area contributed by atoms with E-state index in [1.807, 2.05) is 13.0 Å². The molecule has 0 saturated heterocycles. The number of nitrogens with zero attached hydrogens (tertiary/aromatic N) is 1. The van der Waals surface area contributed by atoms with E-state index < -0.39 is 5.97 Å². The number of carboxylic acid groups (broad SMARTS) is 1. The summed E-state index contributed by atoms with van der Waals surface area (Å²) in [4.78, 5) is 24.3. The number of carbonyl (C=O) groups excluding carboxylic acids is 1. The maximum atomic E-state index is 13.1. The quantitative estimate of drug-likeness (QED) is 0.757. The van der Waals surface area contributed by atoms with Crippen molar-refractivity contribution in [3.05, 3.63) is 35.6 Å². The summed E-state index contributed by atoms with van der Waals surface area (Å²) in [5.41, 5.74) is 0.821. The van der Waals surface area contributed by atoms with Crippen LogP contribution in [0.25, 0.3) is 0 Å². The monoisotopic (exact) mass is 311 g/mol. The van der Waals surface area contributed by atoms with Crippen LogP contribution in [-0.4, -0.2) is 48.7 Å². The third-order valence-corrected chi connectivity index (χ3v) is 3.24. The fourth-order valence-electron chi connectivity index (χ4n) is 2.22. The lowest BCUT2D eigenvalue weighted by atomic mass is 9.97. The number of hydrogen-bond acceptors (Lipinski definition) is 3. The molecule has 0 spiro atoms. The number of rotatable bonds is 9. The fraction of sp³-hybridized carbons (Fsp3) is 0.500. The SMILES string of the molecule is COCCN(CC(=O)O)C(=O)CC(C)Cc1cccc(F)c1. The zero-order valence-electron chi connectivity index (χ0n) is 12.9. The average Bonchev–Trinajstić information content (AvgIpc) is 2.42. The minimum absolute atomic E-state index is 0.00635. The second-order valence-corrected chi connectivity index (χ2v) is 5.35. The van der Waals surface area contributed by atoms with E-state index >= 15 is 0 Å². The average molecular weight is 311 g/mol. The first-order valence-corrected chi connectivity index (χ1v) is 7.15. The molecule has 1 aromatic carbocycles. The molecule has 0 radical (unpaired) electrons. The molecule has 1 unspecified atom stereocenters. The summed E-state index contributed by atoms with van der Waals surface area (Å²) in [6.45, 7) is 2.08. The molecule has 0 heterocycles. The topological polar surface area (TPSA) is 66.8 Å². The molecular weight excluding hydrogens is 289 g/mol. The number of halogens is 1. The first-order chi connectivity index (χ1) is 10.4. The van der Waals surface area contributed by atoms with Gasteiger partial charge in [0.05, 0.1) is 6.61 Å². The van der Waals surface area contributed by atoms with Gasteiger partial charge in [-0.2, -0.15) is 0 Å². The van der Waals surface area contributed by atoms with Gasteiger partial charge in [0.1, 0.15) is 12.4 Å². The minimum atomic E-state index is -1.05. The van der Waals surface area contributed by atoms with E-state index in [4.69, 9.17) is 9.84 Å². The molecule has 1 rings (SSSR count). The van der Waals surface area contributed by atoms with E-state index in [-0.39, 0.29) is 43.8 Å². The van der Waals surface area contributed by atoms with E-state index in [0.29, 0.717) is 6.42 Å². The van der Waals surface area contributed by atoms with Crippen LogP contribution in [0.15, 0.2) is 24.3 Å². The number of ether oxygens (including phenoxy) is 1. The Bertz CT molecular complexity index is 507. The second kappa shape index (κ2) is 9.15. The number of carboxylic acids is 1. The number of methoxy groups -OCH3 is 1. The standard InChI is InChI=1S/C16H22FNO4/c1-12(8-13-4-3-5-14(17)10-13)9-15(19)18(6-7-22-2)11-16(20)21/h3-5,10,12H,6-9,11H2,1-2H3,(H,20,21). The van der Waals surface area contributed by atoms with Crippen LogP contribution in [0.1, 0.15) is 18.9 Å². The normalized spacial score (nSPS) is 12.0. The van der Waals surface area contributed by atoms with Crippen molar-refractivity contribution in [3.63, 3.8) is 0 Å². The van der Waals surface area contributed by atoms with E-state index in [1.54, 1.807) is 6.07 Å². The van der Waals surface area contributed by atoms with Crippen LogP contribution >= 0.6 is 0 Å². The lowest BCUT2D eigenvalue weighted by molar-refractivity contribution is -0.145. The molecule has 1 amide bonds. The van der Waals surface area contributed by atoms with Crippen molar-refractivity contribution in [3.8, 4) is 0 Å². The predicted molar refractivity (Wildman–Crippen MR) is 80.0 cm³/mol. The number of amides is 1. The molecule has 5 nitrogen and oxygen atoms in total. The lowest BCUT2D eigenvalue weighted by Gasteiger charge is -2.22. The van der Waals surface area contributed by atoms with E-state index in [9.17, 15) is 14.0 Å². The van der Waals surface area contributed by atoms with Crippen molar-refractivity contribution in [2.45, 2.75) is 19.8 Å². The first-order valence-electron chi connectivity index (χ1n) is 7.15. The van der Waals surface area contributed by atoms with Crippen LogP contribution < -0.4 is 0 Å². The largest absolute Gasteiger partial charge is 0.480 e. The van der Waals surface area contributed by atoms with Crippen molar-refractivity contribution in [2.24, 2.45) is 5.92 Å². The van der Waals surface area contributed by atoms with Crippen molar-refractivity contribution in [2.75, 3.05) is 26.8 Å². The van der Waals surface area contributed by atoms with Crippen LogP contribution in [-0.2, 0) is 20.7 Å². The van der Waals surface area contributed by atoms with Crippen LogP contribution in [0.5, 0.6) is 0 Å². The molecule has 0 aliphatic heterocycles. The summed E-state index contributed by atoms with van der Waals surface area (Å²) in [5, 5.41) is 8.86. The van der Waals surface area contributed by atoms with Gasteiger partial charge < -0.3 is 14.7 Å². The highest BCUT2D eigenvalue weighted by atomic mass is 19.1. The molecule has 1 N–H and O–H groups in total. The summed E-state index contributed by atoms with van der Waals surface area (Å²) >= 11 is 0. The van der Waals surface area contributed by atoms with Crippen LogP contribution in [0.4, 0.5) is 4.39 Å². The second-order valence-electron chi connectivity index (χ2n) is 5.35. The van der Waals surface area contributed by atoms with Crippen molar-refractivity contribution in [1.82, 2.24) is 4.90 Å². The summed E-state index contributed by atoms with van der Waals surface area (Å²) < 4.78 is 18.0. The molecule has 0 aromatic heterocycles. The third kappa shape index (κ3) is 6.67. The van der Waals surface area contributed by atoms with Crippen LogP contribution in [0.3, 0.4) is 0 Å². The maximum Gasteiger partial charge on any atom is 0.323 e. The number of aliphatic carboxylic acids is 1. The Kier molecular flexibility index (Phi) is 7.52. The van der Waals surface area contributed by atoms with Gasteiger partial charge in [-0.3, -0.25) is 9.59 Å². The van der Waals surface area contributed by atoms with Crippen molar-refractivity contribution >= 4 is 11.9 Å². The zero-order valence-corrected chi connectivity index (χ0v) is 12.9. The Hall–Kier alpha value is -1.95. The van der Waals surface area contributed by atoms with E-state index in [0.717, 1.165) is 5.56 Å². The van der Waals surface area contributed by atoms with Gasteiger partial charge in [-0.1, -0.05) is 19.1 Å². The van der Waals surface area contributed by atoms with Crippen molar-refractivity contribution in [1.29, 1.82) is 0 Å². The number of benzene rings is 1. The molecule has 0 aliphatic rings. The van der Waals surface area contributed by atoms with Crippen molar-refractivity contribution < 1.29 is 23.8 Å². The summed E-state index contributed by atoms with van der Waals surface area (Å²) in [5.74, 6) is -1.60. The lowest BCUT2D eigenvalue weighted by Crippen LogP contribution is -2.38. The smallest absolute Gasteiger partial charge is 0.323 e. The Balaban J connectivity index is 2.57. The molecule has 22 heavy (non-hydrogen) atoms. The highest BCUT2D eigenvalue weighted by Crippen LogP contribution is 2.14. The van der Waals surface area contributed by atoms with Gasteiger partial charge in [-0.25, -0.2) is 4.39 Å². The first kappa shape index (κ1) is 18.1. The highest BCUT2D eigenvalue weighted by molar-refractivity contribution is 5.81. The van der Waals surface area contributed by atoms with E-state index in [2.05, 4.69) is 0 Å². The molecule has 122 valence electrons. The Morgan fingerprint density at radius 1 is 1.41 bits per heavy atom. The molecule has 0 fully saturated rings. The molecule has 6 heteroatoms. The maximum absolute atomic E-state index is 13.1. The van der Waals surface area contributed by atoms with Crippen LogP contribution in [0.2, 0.25) is 0 Å². The molecule has 1 atom stereocenters. The summed E-state index contributed by atoms with van der Waals surface area (Å²) in [6.07, 6.45) is 0.780. The van der Waals surface area contributed by atoms with Gasteiger partial charge in [0, 0.05) is 20.1 Å². The Morgan fingerprint density at radius 3 is 2.73 bits per heavy atom. The van der Waals surface area contributed by atoms with Crippen LogP contribution in [0, 0.1) is 11.7 Å². The third-order valence-electron chi connectivity index (χ3n) is 3.24. The Morgan fingerprint density at radius 2 is 2.14 bits per heavy atom. The van der Waals surface area contributed by atoms with Gasteiger partial charge in [0.15, 0.2) is 0 Å². The molecule has 0 saturated carbocycles. The number of carbonyl (C=O) groups is 2. The minimum Gasteiger partial charge on any atom is -0.480 e. The molecule has 0 aliphatic carbocycles. The summed E-state index contributed by atoms with van der Waals surface area (Å²) in [6, 6.07) is 6.26. The fourth-order valence-corrected chi connectivity index (χ4v) is 2.22. The number of hydrogen-bond donors (Lipinski definition) is 1. The van der Waals surface area contributed by atoms with Gasteiger partial charge >= 0.3 is 5.97 Å². The van der Waals surface area contributed by atoms with Gasteiger partial charge in [-0.15, -0.1) is 0 Å². The Labute approximate surface area is 129 Å². The molecular formula is C16H22FNO4. The predicted octanol–water partition coefficient (Wildman–Crippen LogP) is 1.95. The van der Waals surface area contributed by atoms with Gasteiger partial charge in [-0.05, 0) is 30.0 Å². The summed E-state index contributed by atoms with van der Waals surface area (Å²) in [7, 11) is 1.50. The molecule has 1 aromatic rings. The molecule has 0 bridgehead atoms. The van der Waals surface area contributed by atoms with Gasteiger partial charge in [0.25, 0.3) is 0 Å². The van der Waals surface area contributed by atoms with Gasteiger partial charge in [0.2, 0.25) is 5.91 Å².